The average molecular weight is 353 g/mol. The highest BCUT2D eigenvalue weighted by atomic mass is 32.1. The number of aromatic nitrogens is 1. The van der Waals surface area contributed by atoms with Crippen molar-refractivity contribution >= 4 is 28.3 Å². The Labute approximate surface area is 148 Å². The van der Waals surface area contributed by atoms with Gasteiger partial charge in [0, 0.05) is 18.0 Å². The van der Waals surface area contributed by atoms with Crippen molar-refractivity contribution in [1.82, 2.24) is 10.4 Å². The van der Waals surface area contributed by atoms with Crippen LogP contribution in [0.5, 0.6) is 0 Å². The largest absolute Gasteiger partial charge is 0.478 e. The van der Waals surface area contributed by atoms with Gasteiger partial charge in [-0.2, -0.15) is 0 Å². The summed E-state index contributed by atoms with van der Waals surface area (Å²) in [5.41, 5.74) is 4.51. The summed E-state index contributed by atoms with van der Waals surface area (Å²) < 4.78 is 0. The van der Waals surface area contributed by atoms with E-state index in [0.29, 0.717) is 5.13 Å². The molecule has 0 radical (unpaired) electrons. The van der Waals surface area contributed by atoms with E-state index >= 15 is 0 Å². The molecule has 2 aromatic carbocycles. The molecular formula is C18H15N3O3S. The number of carbonyl (C=O) groups is 2. The van der Waals surface area contributed by atoms with E-state index in [2.05, 4.69) is 10.4 Å². The zero-order valence-electron chi connectivity index (χ0n) is 13.3. The number of hydrogen-bond donors (Lipinski definition) is 2. The maximum atomic E-state index is 12.4. The normalized spacial score (nSPS) is 10.3. The lowest BCUT2D eigenvalue weighted by molar-refractivity contribution is 0.0691. The Balaban J connectivity index is 1.77. The lowest BCUT2D eigenvalue weighted by Crippen LogP contribution is -2.39. The minimum Gasteiger partial charge on any atom is -0.478 e. The number of rotatable bonds is 5. The van der Waals surface area contributed by atoms with Gasteiger partial charge in [0.15, 0.2) is 0 Å². The first-order valence-electron chi connectivity index (χ1n) is 7.44. The fourth-order valence-corrected chi connectivity index (χ4v) is 3.05. The van der Waals surface area contributed by atoms with Gasteiger partial charge < -0.3 is 5.11 Å². The molecule has 126 valence electrons. The van der Waals surface area contributed by atoms with Gasteiger partial charge in [0.05, 0.1) is 16.8 Å². The van der Waals surface area contributed by atoms with Gasteiger partial charge in [-0.25, -0.2) is 9.78 Å². The number of anilines is 1. The highest BCUT2D eigenvalue weighted by Gasteiger charge is 2.18. The lowest BCUT2D eigenvalue weighted by atomic mass is 10.1. The summed E-state index contributed by atoms with van der Waals surface area (Å²) in [6, 6.07) is 15.8. The second kappa shape index (κ2) is 7.14. The average Bonchev–Trinajstić information content (AvgIpc) is 3.12. The Morgan fingerprint density at radius 1 is 1.04 bits per heavy atom. The molecule has 0 aliphatic carbocycles. The molecule has 0 fully saturated rings. The van der Waals surface area contributed by atoms with Crippen molar-refractivity contribution in [3.05, 3.63) is 71.1 Å². The molecule has 3 rings (SSSR count). The Morgan fingerprint density at radius 3 is 2.36 bits per heavy atom. The number of amides is 1. The third kappa shape index (κ3) is 3.67. The van der Waals surface area contributed by atoms with E-state index in [-0.39, 0.29) is 11.1 Å². The van der Waals surface area contributed by atoms with Crippen LogP contribution in [0.1, 0.15) is 20.7 Å². The van der Waals surface area contributed by atoms with Gasteiger partial charge in [0.2, 0.25) is 5.13 Å². The standard InChI is InChI=1S/C18H15N3O3S/c1-21(18-19-15(11-25-18)12-7-3-2-4-8-12)20-16(22)13-9-5-6-10-14(13)17(23)24/h2-11H,1H3,(H,20,22)(H,23,24). The summed E-state index contributed by atoms with van der Waals surface area (Å²) in [6.45, 7) is 0. The van der Waals surface area contributed by atoms with Crippen LogP contribution in [0.3, 0.4) is 0 Å². The van der Waals surface area contributed by atoms with Gasteiger partial charge in [-0.15, -0.1) is 11.3 Å². The molecule has 1 amide bonds. The van der Waals surface area contributed by atoms with Crippen molar-refractivity contribution in [2.45, 2.75) is 0 Å². The highest BCUT2D eigenvalue weighted by Crippen LogP contribution is 2.26. The quantitative estimate of drug-likeness (QED) is 0.688. The Hall–Kier alpha value is -3.19. The third-order valence-corrected chi connectivity index (χ3v) is 4.44. The number of hydrogen-bond acceptors (Lipinski definition) is 5. The van der Waals surface area contributed by atoms with E-state index in [4.69, 9.17) is 0 Å². The van der Waals surface area contributed by atoms with E-state index in [1.165, 1.54) is 28.5 Å². The molecule has 0 saturated heterocycles. The van der Waals surface area contributed by atoms with Gasteiger partial charge in [-0.3, -0.25) is 15.2 Å². The van der Waals surface area contributed by atoms with Crippen LogP contribution in [0.4, 0.5) is 5.13 Å². The molecule has 0 bridgehead atoms. The van der Waals surface area contributed by atoms with Gasteiger partial charge in [0.1, 0.15) is 0 Å². The van der Waals surface area contributed by atoms with Gasteiger partial charge >= 0.3 is 5.97 Å². The number of nitrogens with zero attached hydrogens (tertiary/aromatic N) is 2. The molecule has 0 saturated carbocycles. The number of thiazole rings is 1. The first-order chi connectivity index (χ1) is 12.1. The molecule has 6 nitrogen and oxygen atoms in total. The van der Waals surface area contributed by atoms with E-state index in [1.807, 2.05) is 35.7 Å². The first-order valence-corrected chi connectivity index (χ1v) is 8.32. The van der Waals surface area contributed by atoms with E-state index in [0.717, 1.165) is 11.3 Å². The number of carboxylic acid groups (broad SMARTS) is 1. The summed E-state index contributed by atoms with van der Waals surface area (Å²) in [4.78, 5) is 28.1. The Kier molecular flexibility index (Phi) is 4.76. The van der Waals surface area contributed by atoms with Crippen LogP contribution in [0, 0.1) is 0 Å². The van der Waals surface area contributed by atoms with Crippen molar-refractivity contribution in [3.8, 4) is 11.3 Å². The van der Waals surface area contributed by atoms with Crippen LogP contribution in [-0.2, 0) is 0 Å². The molecule has 0 unspecified atom stereocenters. The third-order valence-electron chi connectivity index (χ3n) is 3.52. The van der Waals surface area contributed by atoms with Crippen LogP contribution in [0.2, 0.25) is 0 Å². The van der Waals surface area contributed by atoms with Crippen LogP contribution < -0.4 is 10.4 Å². The number of hydrazine groups is 1. The smallest absolute Gasteiger partial charge is 0.336 e. The monoisotopic (exact) mass is 353 g/mol. The number of benzene rings is 2. The van der Waals surface area contributed by atoms with Crippen molar-refractivity contribution in [2.75, 3.05) is 12.1 Å². The molecule has 0 spiro atoms. The number of nitrogens with one attached hydrogen (secondary N) is 1. The summed E-state index contributed by atoms with van der Waals surface area (Å²) in [6.07, 6.45) is 0. The Bertz CT molecular complexity index is 909. The minimum absolute atomic E-state index is 0.0440. The van der Waals surface area contributed by atoms with E-state index < -0.39 is 11.9 Å². The number of aromatic carboxylic acids is 1. The molecule has 0 atom stereocenters. The van der Waals surface area contributed by atoms with Gasteiger partial charge in [0.25, 0.3) is 5.91 Å². The zero-order chi connectivity index (χ0) is 17.8. The zero-order valence-corrected chi connectivity index (χ0v) is 14.2. The molecule has 1 heterocycles. The summed E-state index contributed by atoms with van der Waals surface area (Å²) in [5, 5.41) is 13.2. The first kappa shape index (κ1) is 16.7. The van der Waals surface area contributed by atoms with Gasteiger partial charge in [-0.05, 0) is 12.1 Å². The van der Waals surface area contributed by atoms with Crippen molar-refractivity contribution < 1.29 is 14.7 Å². The van der Waals surface area contributed by atoms with Gasteiger partial charge in [-0.1, -0.05) is 42.5 Å². The fraction of sp³-hybridized carbons (Fsp3) is 0.0556. The molecule has 25 heavy (non-hydrogen) atoms. The predicted octanol–water partition coefficient (Wildman–Crippen LogP) is 3.29. The maximum absolute atomic E-state index is 12.4. The van der Waals surface area contributed by atoms with Crippen molar-refractivity contribution in [2.24, 2.45) is 0 Å². The van der Waals surface area contributed by atoms with Crippen LogP contribution in [0.15, 0.2) is 60.0 Å². The molecule has 2 N–H and O–H groups in total. The SMILES string of the molecule is CN(NC(=O)c1ccccc1C(=O)O)c1nc(-c2ccccc2)cs1. The Morgan fingerprint density at radius 2 is 1.68 bits per heavy atom. The number of carbonyl (C=O) groups excluding carboxylic acids is 1. The summed E-state index contributed by atoms with van der Waals surface area (Å²) >= 11 is 1.38. The van der Waals surface area contributed by atoms with Crippen LogP contribution in [-0.4, -0.2) is 29.0 Å². The molecule has 3 aromatic rings. The maximum Gasteiger partial charge on any atom is 0.336 e. The predicted molar refractivity (Wildman–Crippen MR) is 96.8 cm³/mol. The van der Waals surface area contributed by atoms with E-state index in [9.17, 15) is 14.7 Å². The summed E-state index contributed by atoms with van der Waals surface area (Å²) in [7, 11) is 1.66. The lowest BCUT2D eigenvalue weighted by Gasteiger charge is -2.17. The summed E-state index contributed by atoms with van der Waals surface area (Å²) in [5.74, 6) is -1.65. The molecule has 1 aromatic heterocycles. The molecule has 0 aliphatic heterocycles. The van der Waals surface area contributed by atoms with E-state index in [1.54, 1.807) is 19.2 Å². The molecular weight excluding hydrogens is 338 g/mol. The van der Waals surface area contributed by atoms with Crippen molar-refractivity contribution in [1.29, 1.82) is 0 Å². The fourth-order valence-electron chi connectivity index (χ4n) is 2.29. The second-order valence-electron chi connectivity index (χ2n) is 5.23. The van der Waals surface area contributed by atoms with Crippen molar-refractivity contribution in [3.63, 3.8) is 0 Å². The molecule has 7 heteroatoms. The topological polar surface area (TPSA) is 82.5 Å². The second-order valence-corrected chi connectivity index (χ2v) is 6.07. The minimum atomic E-state index is -1.14. The number of carboxylic acids is 1. The van der Waals surface area contributed by atoms with Crippen LogP contribution in [0.25, 0.3) is 11.3 Å². The molecule has 0 aliphatic rings. The van der Waals surface area contributed by atoms with Crippen LogP contribution >= 0.6 is 11.3 Å². The highest BCUT2D eigenvalue weighted by molar-refractivity contribution is 7.14.